The lowest BCUT2D eigenvalue weighted by Crippen LogP contribution is -2.12. The zero-order valence-corrected chi connectivity index (χ0v) is 14.3. The van der Waals surface area contributed by atoms with Gasteiger partial charge in [0.2, 0.25) is 5.91 Å². The molecule has 130 valence electrons. The van der Waals surface area contributed by atoms with E-state index in [0.29, 0.717) is 17.8 Å². The first-order chi connectivity index (χ1) is 12.0. The van der Waals surface area contributed by atoms with E-state index in [0.717, 1.165) is 16.8 Å². The lowest BCUT2D eigenvalue weighted by molar-refractivity contribution is -0.137. The molecule has 6 heteroatoms. The summed E-state index contributed by atoms with van der Waals surface area (Å²) in [6.45, 7) is 3.85. The molecular formula is C19H21N3O3. The van der Waals surface area contributed by atoms with Gasteiger partial charge < -0.3 is 10.4 Å². The zero-order chi connectivity index (χ0) is 18.2. The molecule has 0 unspecified atom stereocenters. The minimum Gasteiger partial charge on any atom is -0.481 e. The third-order valence-electron chi connectivity index (χ3n) is 3.67. The van der Waals surface area contributed by atoms with E-state index >= 15 is 0 Å². The summed E-state index contributed by atoms with van der Waals surface area (Å²) in [7, 11) is 0. The van der Waals surface area contributed by atoms with Gasteiger partial charge in [-0.2, -0.15) is 10.2 Å². The zero-order valence-electron chi connectivity index (χ0n) is 14.3. The number of hydrogen-bond acceptors (Lipinski definition) is 4. The molecule has 0 fully saturated rings. The van der Waals surface area contributed by atoms with Gasteiger partial charge in [0.05, 0.1) is 11.4 Å². The van der Waals surface area contributed by atoms with Gasteiger partial charge >= 0.3 is 5.97 Å². The van der Waals surface area contributed by atoms with Crippen LogP contribution < -0.4 is 5.32 Å². The van der Waals surface area contributed by atoms with Crippen molar-refractivity contribution in [1.82, 2.24) is 0 Å². The second-order valence-corrected chi connectivity index (χ2v) is 5.78. The maximum atomic E-state index is 11.8. The summed E-state index contributed by atoms with van der Waals surface area (Å²) in [5, 5.41) is 19.9. The topological polar surface area (TPSA) is 91.1 Å². The van der Waals surface area contributed by atoms with Gasteiger partial charge in [-0.3, -0.25) is 9.59 Å². The van der Waals surface area contributed by atoms with Crippen LogP contribution in [0.1, 0.15) is 30.4 Å². The number of benzene rings is 2. The van der Waals surface area contributed by atoms with Crippen LogP contribution in [-0.4, -0.2) is 17.0 Å². The van der Waals surface area contributed by atoms with Crippen molar-refractivity contribution in [2.75, 3.05) is 5.32 Å². The van der Waals surface area contributed by atoms with Crippen LogP contribution >= 0.6 is 0 Å². The lowest BCUT2D eigenvalue weighted by atomic mass is 10.1. The number of carboxylic acid groups (broad SMARTS) is 1. The first-order valence-electron chi connectivity index (χ1n) is 8.05. The fourth-order valence-corrected chi connectivity index (χ4v) is 2.25. The Bertz CT molecular complexity index is 800. The molecule has 0 aliphatic rings. The largest absolute Gasteiger partial charge is 0.481 e. The first kappa shape index (κ1) is 18.3. The van der Waals surface area contributed by atoms with Crippen molar-refractivity contribution in [1.29, 1.82) is 0 Å². The Morgan fingerprint density at radius 2 is 1.76 bits per heavy atom. The molecule has 25 heavy (non-hydrogen) atoms. The Morgan fingerprint density at radius 1 is 1.00 bits per heavy atom. The molecule has 2 N–H and O–H groups in total. The van der Waals surface area contributed by atoms with Gasteiger partial charge in [0.25, 0.3) is 0 Å². The van der Waals surface area contributed by atoms with Crippen LogP contribution in [-0.2, 0) is 9.59 Å². The van der Waals surface area contributed by atoms with Crippen LogP contribution in [0.4, 0.5) is 17.1 Å². The number of anilines is 1. The second kappa shape index (κ2) is 8.73. The number of nitrogens with one attached hydrogen (secondary N) is 1. The molecule has 2 aromatic carbocycles. The summed E-state index contributed by atoms with van der Waals surface area (Å²) < 4.78 is 0. The smallest absolute Gasteiger partial charge is 0.303 e. The molecule has 0 heterocycles. The molecule has 0 bridgehead atoms. The van der Waals surface area contributed by atoms with E-state index in [1.54, 1.807) is 12.1 Å². The fraction of sp³-hybridized carbons (Fsp3) is 0.263. The quantitative estimate of drug-likeness (QED) is 0.702. The van der Waals surface area contributed by atoms with Gasteiger partial charge in [-0.25, -0.2) is 0 Å². The molecule has 2 aromatic rings. The van der Waals surface area contributed by atoms with Gasteiger partial charge in [0.15, 0.2) is 0 Å². The summed E-state index contributed by atoms with van der Waals surface area (Å²) in [6, 6.07) is 13.1. The van der Waals surface area contributed by atoms with Crippen molar-refractivity contribution in [2.45, 2.75) is 33.1 Å². The van der Waals surface area contributed by atoms with E-state index in [-0.39, 0.29) is 18.7 Å². The van der Waals surface area contributed by atoms with E-state index in [1.165, 1.54) is 0 Å². The van der Waals surface area contributed by atoms with Gasteiger partial charge in [-0.1, -0.05) is 18.2 Å². The first-order valence-corrected chi connectivity index (χ1v) is 8.05. The van der Waals surface area contributed by atoms with E-state index < -0.39 is 5.97 Å². The predicted octanol–water partition coefficient (Wildman–Crippen LogP) is 4.91. The van der Waals surface area contributed by atoms with Crippen molar-refractivity contribution in [3.63, 3.8) is 0 Å². The highest BCUT2D eigenvalue weighted by Crippen LogP contribution is 2.25. The molecule has 6 nitrogen and oxygen atoms in total. The van der Waals surface area contributed by atoms with Crippen LogP contribution in [0.25, 0.3) is 0 Å². The SMILES string of the molecule is Cc1ccccc1N=Nc1ccc(NC(=O)CCCC(=O)O)c(C)c1. The molecule has 0 aromatic heterocycles. The minimum absolute atomic E-state index is 0.00930. The number of aryl methyl sites for hydroxylation is 2. The highest BCUT2D eigenvalue weighted by molar-refractivity contribution is 5.91. The summed E-state index contributed by atoms with van der Waals surface area (Å²) >= 11 is 0. The number of hydrogen-bond donors (Lipinski definition) is 2. The van der Waals surface area contributed by atoms with Crippen LogP contribution in [0.5, 0.6) is 0 Å². The van der Waals surface area contributed by atoms with E-state index in [1.807, 2.05) is 44.2 Å². The third kappa shape index (κ3) is 5.84. The Labute approximate surface area is 146 Å². The molecule has 0 saturated carbocycles. The molecular weight excluding hydrogens is 318 g/mol. The average Bonchev–Trinajstić information content (AvgIpc) is 2.56. The number of azo groups is 1. The summed E-state index contributed by atoms with van der Waals surface area (Å²) in [5.41, 5.74) is 4.12. The summed E-state index contributed by atoms with van der Waals surface area (Å²) in [6.07, 6.45) is 0.494. The Kier molecular flexibility index (Phi) is 6.39. The number of amides is 1. The van der Waals surface area contributed by atoms with Gasteiger partial charge in [0.1, 0.15) is 0 Å². The maximum Gasteiger partial charge on any atom is 0.303 e. The number of rotatable bonds is 7. The lowest BCUT2D eigenvalue weighted by Gasteiger charge is -2.08. The Morgan fingerprint density at radius 3 is 2.44 bits per heavy atom. The number of nitrogens with zero attached hydrogens (tertiary/aromatic N) is 2. The van der Waals surface area contributed by atoms with Crippen molar-refractivity contribution in [3.8, 4) is 0 Å². The third-order valence-corrected chi connectivity index (χ3v) is 3.67. The van der Waals surface area contributed by atoms with Crippen molar-refractivity contribution in [2.24, 2.45) is 10.2 Å². The normalized spacial score (nSPS) is 10.8. The highest BCUT2D eigenvalue weighted by atomic mass is 16.4. The number of carbonyl (C=O) groups excluding carboxylic acids is 1. The number of carboxylic acids is 1. The van der Waals surface area contributed by atoms with Gasteiger partial charge in [0, 0.05) is 18.5 Å². The van der Waals surface area contributed by atoms with Crippen molar-refractivity contribution >= 4 is 28.9 Å². The molecule has 0 aliphatic carbocycles. The number of aliphatic carboxylic acids is 1. The van der Waals surface area contributed by atoms with Crippen molar-refractivity contribution in [3.05, 3.63) is 53.6 Å². The molecule has 0 spiro atoms. The Balaban J connectivity index is 1.99. The monoisotopic (exact) mass is 339 g/mol. The second-order valence-electron chi connectivity index (χ2n) is 5.78. The van der Waals surface area contributed by atoms with E-state index in [9.17, 15) is 9.59 Å². The highest BCUT2D eigenvalue weighted by Gasteiger charge is 2.07. The standard InChI is InChI=1S/C19H21N3O3/c1-13-6-3-4-7-17(13)22-21-15-10-11-16(14(2)12-15)20-18(23)8-5-9-19(24)25/h3-4,6-7,10-12H,5,8-9H2,1-2H3,(H,20,23)(H,24,25). The molecule has 0 atom stereocenters. The van der Waals surface area contributed by atoms with Crippen LogP contribution in [0.2, 0.25) is 0 Å². The molecule has 0 radical (unpaired) electrons. The van der Waals surface area contributed by atoms with Crippen molar-refractivity contribution < 1.29 is 14.7 Å². The van der Waals surface area contributed by atoms with Crippen LogP contribution in [0.15, 0.2) is 52.7 Å². The van der Waals surface area contributed by atoms with E-state index in [2.05, 4.69) is 15.5 Å². The average molecular weight is 339 g/mol. The van der Waals surface area contributed by atoms with Gasteiger partial charge in [-0.15, -0.1) is 0 Å². The molecule has 1 amide bonds. The molecule has 0 aliphatic heterocycles. The molecule has 2 rings (SSSR count). The summed E-state index contributed by atoms with van der Waals surface area (Å²) in [4.78, 5) is 22.3. The molecule has 0 saturated heterocycles. The van der Waals surface area contributed by atoms with Crippen LogP contribution in [0, 0.1) is 13.8 Å². The minimum atomic E-state index is -0.896. The fourth-order valence-electron chi connectivity index (χ4n) is 2.25. The van der Waals surface area contributed by atoms with E-state index in [4.69, 9.17) is 5.11 Å². The Hall–Kier alpha value is -3.02. The predicted molar refractivity (Wildman–Crippen MR) is 96.7 cm³/mol. The maximum absolute atomic E-state index is 11.8. The number of carbonyl (C=O) groups is 2. The van der Waals surface area contributed by atoms with Crippen LogP contribution in [0.3, 0.4) is 0 Å². The summed E-state index contributed by atoms with van der Waals surface area (Å²) in [5.74, 6) is -1.09. The van der Waals surface area contributed by atoms with Gasteiger partial charge in [-0.05, 0) is 55.7 Å².